The first kappa shape index (κ1) is 12.9. The highest BCUT2D eigenvalue weighted by Gasteiger charge is 2.19. The zero-order valence-corrected chi connectivity index (χ0v) is 10.5. The third-order valence-electron chi connectivity index (χ3n) is 3.33. The molecule has 90 valence electrons. The van der Waals surface area contributed by atoms with Crippen LogP contribution in [0.1, 0.15) is 32.6 Å². The van der Waals surface area contributed by atoms with Gasteiger partial charge in [-0.3, -0.25) is 0 Å². The van der Waals surface area contributed by atoms with Gasteiger partial charge in [0.05, 0.1) is 12.7 Å². The lowest BCUT2D eigenvalue weighted by Gasteiger charge is -2.33. The van der Waals surface area contributed by atoms with E-state index in [0.29, 0.717) is 12.1 Å². The molecule has 1 N–H and O–H groups in total. The van der Waals surface area contributed by atoms with E-state index >= 15 is 0 Å². The summed E-state index contributed by atoms with van der Waals surface area (Å²) in [6.07, 6.45) is 5.48. The van der Waals surface area contributed by atoms with E-state index in [9.17, 15) is 0 Å². The van der Waals surface area contributed by atoms with E-state index in [4.69, 9.17) is 4.74 Å². The van der Waals surface area contributed by atoms with E-state index in [0.717, 1.165) is 19.6 Å². The van der Waals surface area contributed by atoms with Crippen LogP contribution in [-0.4, -0.2) is 50.8 Å². The molecule has 1 saturated heterocycles. The second kappa shape index (κ2) is 7.20. The zero-order chi connectivity index (χ0) is 11.1. The second-order valence-electron chi connectivity index (χ2n) is 4.55. The summed E-state index contributed by atoms with van der Waals surface area (Å²) in [6.45, 7) is 5.28. The Balaban J connectivity index is 2.21. The number of hydrogen-bond donors (Lipinski definition) is 1. The number of likely N-dealkylation sites (N-methyl/N-ethyl adjacent to an activating group) is 2. The molecule has 3 nitrogen and oxygen atoms in total. The van der Waals surface area contributed by atoms with E-state index < -0.39 is 0 Å². The number of likely N-dealkylation sites (tertiary alicyclic amines) is 1. The SMILES string of the molecule is CCC(CNC)OCC1CCCCN1C. The monoisotopic (exact) mass is 214 g/mol. The fourth-order valence-corrected chi connectivity index (χ4v) is 2.15. The Labute approximate surface area is 94.2 Å². The summed E-state index contributed by atoms with van der Waals surface area (Å²) in [4.78, 5) is 2.44. The predicted octanol–water partition coefficient (Wildman–Crippen LogP) is 1.49. The molecule has 1 aliphatic heterocycles. The summed E-state index contributed by atoms with van der Waals surface area (Å²) >= 11 is 0. The van der Waals surface area contributed by atoms with Crippen LogP contribution < -0.4 is 5.32 Å². The molecule has 0 aliphatic carbocycles. The topological polar surface area (TPSA) is 24.5 Å². The van der Waals surface area contributed by atoms with Gasteiger partial charge in [0.15, 0.2) is 0 Å². The maximum atomic E-state index is 5.94. The van der Waals surface area contributed by atoms with Gasteiger partial charge >= 0.3 is 0 Å². The molecule has 0 aromatic heterocycles. The summed E-state index contributed by atoms with van der Waals surface area (Å²) in [5.41, 5.74) is 0. The lowest BCUT2D eigenvalue weighted by molar-refractivity contribution is 0.00350. The van der Waals surface area contributed by atoms with Crippen LogP contribution in [0.4, 0.5) is 0 Å². The minimum Gasteiger partial charge on any atom is -0.375 e. The van der Waals surface area contributed by atoms with Gasteiger partial charge in [-0.1, -0.05) is 13.3 Å². The van der Waals surface area contributed by atoms with Crippen LogP contribution in [0.15, 0.2) is 0 Å². The van der Waals surface area contributed by atoms with Crippen molar-refractivity contribution in [2.75, 3.05) is 33.8 Å². The Hall–Kier alpha value is -0.120. The van der Waals surface area contributed by atoms with Gasteiger partial charge in [-0.05, 0) is 39.9 Å². The van der Waals surface area contributed by atoms with Crippen LogP contribution in [-0.2, 0) is 4.74 Å². The predicted molar refractivity (Wildman–Crippen MR) is 64.2 cm³/mol. The standard InChI is InChI=1S/C12H26N2O/c1-4-12(9-13-2)15-10-11-7-5-6-8-14(11)3/h11-13H,4-10H2,1-3H3. The van der Waals surface area contributed by atoms with Crippen LogP contribution in [0.2, 0.25) is 0 Å². The van der Waals surface area contributed by atoms with Gasteiger partial charge in [0.2, 0.25) is 0 Å². The number of ether oxygens (including phenoxy) is 1. The zero-order valence-electron chi connectivity index (χ0n) is 10.5. The first-order valence-electron chi connectivity index (χ1n) is 6.24. The van der Waals surface area contributed by atoms with Gasteiger partial charge in [-0.25, -0.2) is 0 Å². The van der Waals surface area contributed by atoms with Gasteiger partial charge in [-0.15, -0.1) is 0 Å². The van der Waals surface area contributed by atoms with Crippen molar-refractivity contribution in [2.24, 2.45) is 0 Å². The smallest absolute Gasteiger partial charge is 0.0697 e. The average Bonchev–Trinajstić information content (AvgIpc) is 2.26. The fourth-order valence-electron chi connectivity index (χ4n) is 2.15. The molecule has 0 amide bonds. The maximum absolute atomic E-state index is 5.94. The molecule has 0 spiro atoms. The van der Waals surface area contributed by atoms with Crippen molar-refractivity contribution < 1.29 is 4.74 Å². The molecule has 1 heterocycles. The van der Waals surface area contributed by atoms with E-state index in [1.54, 1.807) is 0 Å². The quantitative estimate of drug-likeness (QED) is 0.725. The highest BCUT2D eigenvalue weighted by Crippen LogP contribution is 2.15. The minimum absolute atomic E-state index is 0.380. The Morgan fingerprint density at radius 3 is 2.87 bits per heavy atom. The van der Waals surface area contributed by atoms with E-state index in [-0.39, 0.29) is 0 Å². The van der Waals surface area contributed by atoms with E-state index in [1.165, 1.54) is 25.8 Å². The molecular formula is C12H26N2O. The molecule has 0 radical (unpaired) electrons. The number of piperidine rings is 1. The summed E-state index contributed by atoms with van der Waals surface area (Å²) < 4.78 is 5.94. The number of hydrogen-bond acceptors (Lipinski definition) is 3. The van der Waals surface area contributed by atoms with Crippen LogP contribution in [0, 0.1) is 0 Å². The Morgan fingerprint density at radius 2 is 2.27 bits per heavy atom. The molecule has 0 bridgehead atoms. The average molecular weight is 214 g/mol. The molecule has 0 aromatic carbocycles. The normalized spacial score (nSPS) is 25.4. The lowest BCUT2D eigenvalue weighted by atomic mass is 10.0. The highest BCUT2D eigenvalue weighted by molar-refractivity contribution is 4.74. The number of rotatable bonds is 6. The molecule has 1 fully saturated rings. The van der Waals surface area contributed by atoms with E-state index in [2.05, 4.69) is 24.2 Å². The van der Waals surface area contributed by atoms with Crippen LogP contribution >= 0.6 is 0 Å². The lowest BCUT2D eigenvalue weighted by Crippen LogP contribution is -2.41. The number of nitrogens with zero attached hydrogens (tertiary/aromatic N) is 1. The van der Waals surface area contributed by atoms with Crippen molar-refractivity contribution in [3.8, 4) is 0 Å². The van der Waals surface area contributed by atoms with Crippen LogP contribution in [0.5, 0.6) is 0 Å². The largest absolute Gasteiger partial charge is 0.375 e. The minimum atomic E-state index is 0.380. The molecule has 0 saturated carbocycles. The molecule has 2 unspecified atom stereocenters. The third kappa shape index (κ3) is 4.49. The molecule has 2 atom stereocenters. The van der Waals surface area contributed by atoms with Gasteiger partial charge in [0, 0.05) is 12.6 Å². The maximum Gasteiger partial charge on any atom is 0.0697 e. The summed E-state index contributed by atoms with van der Waals surface area (Å²) in [5, 5.41) is 3.18. The van der Waals surface area contributed by atoms with Crippen LogP contribution in [0.3, 0.4) is 0 Å². The van der Waals surface area contributed by atoms with Crippen LogP contribution in [0.25, 0.3) is 0 Å². The van der Waals surface area contributed by atoms with Gasteiger partial charge < -0.3 is 15.0 Å². The molecular weight excluding hydrogens is 188 g/mol. The van der Waals surface area contributed by atoms with Gasteiger partial charge in [0.1, 0.15) is 0 Å². The highest BCUT2D eigenvalue weighted by atomic mass is 16.5. The van der Waals surface area contributed by atoms with Crippen molar-refractivity contribution in [3.63, 3.8) is 0 Å². The summed E-state index contributed by atoms with van der Waals surface area (Å²) in [7, 11) is 4.20. The first-order chi connectivity index (χ1) is 7.27. The number of nitrogens with one attached hydrogen (secondary N) is 1. The van der Waals surface area contributed by atoms with Crippen molar-refractivity contribution >= 4 is 0 Å². The third-order valence-corrected chi connectivity index (χ3v) is 3.33. The molecule has 3 heteroatoms. The molecule has 1 aliphatic rings. The second-order valence-corrected chi connectivity index (χ2v) is 4.55. The first-order valence-corrected chi connectivity index (χ1v) is 6.24. The Bertz CT molecular complexity index is 164. The van der Waals surface area contributed by atoms with Crippen molar-refractivity contribution in [2.45, 2.75) is 44.8 Å². The van der Waals surface area contributed by atoms with E-state index in [1.807, 2.05) is 7.05 Å². The molecule has 0 aromatic rings. The van der Waals surface area contributed by atoms with Gasteiger partial charge in [0.25, 0.3) is 0 Å². The summed E-state index contributed by atoms with van der Waals surface area (Å²) in [6, 6.07) is 0.643. The van der Waals surface area contributed by atoms with Gasteiger partial charge in [-0.2, -0.15) is 0 Å². The molecule has 15 heavy (non-hydrogen) atoms. The van der Waals surface area contributed by atoms with Crippen molar-refractivity contribution in [1.82, 2.24) is 10.2 Å². The van der Waals surface area contributed by atoms with Crippen molar-refractivity contribution in [1.29, 1.82) is 0 Å². The Kier molecular flexibility index (Phi) is 6.22. The summed E-state index contributed by atoms with van der Waals surface area (Å²) in [5.74, 6) is 0. The molecule has 1 rings (SSSR count). The fraction of sp³-hybridized carbons (Fsp3) is 1.00. The Morgan fingerprint density at radius 1 is 1.47 bits per heavy atom. The van der Waals surface area contributed by atoms with Crippen molar-refractivity contribution in [3.05, 3.63) is 0 Å².